The number of halogens is 2. The molecule has 0 aliphatic heterocycles. The van der Waals surface area contributed by atoms with E-state index in [4.69, 9.17) is 5.11 Å². The summed E-state index contributed by atoms with van der Waals surface area (Å²) in [6.07, 6.45) is 0. The lowest BCUT2D eigenvalue weighted by Crippen LogP contribution is -2.14. The molecular weight excluding hydrogens is 390 g/mol. The van der Waals surface area contributed by atoms with E-state index in [9.17, 15) is 9.59 Å². The second-order valence-corrected chi connectivity index (χ2v) is 5.79. The van der Waals surface area contributed by atoms with Crippen molar-refractivity contribution in [2.45, 2.75) is 0 Å². The molecule has 2 rings (SSSR count). The van der Waals surface area contributed by atoms with Crippen LogP contribution in [-0.4, -0.2) is 17.0 Å². The number of anilines is 1. The van der Waals surface area contributed by atoms with Gasteiger partial charge in [-0.1, -0.05) is 31.9 Å². The van der Waals surface area contributed by atoms with E-state index in [0.717, 1.165) is 4.47 Å². The number of nitrogens with one attached hydrogen (secondary N) is 1. The van der Waals surface area contributed by atoms with Crippen LogP contribution in [0.25, 0.3) is 0 Å². The standard InChI is InChI=1S/C14H9Br2NO3/c15-9-3-1-8(2-4-9)13(18)17-12-7-10(16)5-6-11(12)14(19)20/h1-7H,(H,17,18)(H,19,20). The van der Waals surface area contributed by atoms with Crippen LogP contribution < -0.4 is 5.32 Å². The largest absolute Gasteiger partial charge is 0.478 e. The van der Waals surface area contributed by atoms with Gasteiger partial charge in [0.2, 0.25) is 0 Å². The predicted octanol–water partition coefficient (Wildman–Crippen LogP) is 4.16. The Kier molecular flexibility index (Phi) is 4.57. The molecule has 2 aromatic rings. The molecule has 0 atom stereocenters. The SMILES string of the molecule is O=C(Nc1cc(Br)ccc1C(=O)O)c1ccc(Br)cc1. The number of hydrogen-bond acceptors (Lipinski definition) is 2. The van der Waals surface area contributed by atoms with Crippen molar-refractivity contribution in [1.82, 2.24) is 0 Å². The van der Waals surface area contributed by atoms with E-state index in [-0.39, 0.29) is 17.2 Å². The van der Waals surface area contributed by atoms with Gasteiger partial charge in [-0.15, -0.1) is 0 Å². The fraction of sp³-hybridized carbons (Fsp3) is 0. The second-order valence-electron chi connectivity index (χ2n) is 3.96. The van der Waals surface area contributed by atoms with Gasteiger partial charge >= 0.3 is 5.97 Å². The Morgan fingerprint density at radius 1 is 0.950 bits per heavy atom. The van der Waals surface area contributed by atoms with Gasteiger partial charge in [-0.25, -0.2) is 4.79 Å². The number of amides is 1. The van der Waals surface area contributed by atoms with E-state index in [1.807, 2.05) is 0 Å². The summed E-state index contributed by atoms with van der Waals surface area (Å²) in [5, 5.41) is 11.7. The number of aromatic carboxylic acids is 1. The molecule has 102 valence electrons. The van der Waals surface area contributed by atoms with Crippen LogP contribution in [-0.2, 0) is 0 Å². The summed E-state index contributed by atoms with van der Waals surface area (Å²) in [5.74, 6) is -1.46. The fourth-order valence-electron chi connectivity index (χ4n) is 1.60. The van der Waals surface area contributed by atoms with Gasteiger partial charge in [0.05, 0.1) is 11.3 Å². The first kappa shape index (κ1) is 14.7. The highest BCUT2D eigenvalue weighted by Crippen LogP contribution is 2.22. The lowest BCUT2D eigenvalue weighted by molar-refractivity contribution is 0.0698. The molecule has 0 aromatic heterocycles. The lowest BCUT2D eigenvalue weighted by Gasteiger charge is -2.09. The maximum Gasteiger partial charge on any atom is 0.337 e. The fourth-order valence-corrected chi connectivity index (χ4v) is 2.23. The van der Waals surface area contributed by atoms with E-state index < -0.39 is 5.97 Å². The molecule has 0 spiro atoms. The summed E-state index contributed by atoms with van der Waals surface area (Å²) >= 11 is 6.54. The van der Waals surface area contributed by atoms with Crippen molar-refractivity contribution in [3.8, 4) is 0 Å². The van der Waals surface area contributed by atoms with Crippen molar-refractivity contribution < 1.29 is 14.7 Å². The van der Waals surface area contributed by atoms with Gasteiger partial charge in [-0.05, 0) is 42.5 Å². The van der Waals surface area contributed by atoms with E-state index in [1.54, 1.807) is 36.4 Å². The predicted molar refractivity (Wildman–Crippen MR) is 83.2 cm³/mol. The highest BCUT2D eigenvalue weighted by atomic mass is 79.9. The molecule has 0 heterocycles. The molecule has 0 radical (unpaired) electrons. The second kappa shape index (κ2) is 6.19. The molecule has 1 amide bonds. The monoisotopic (exact) mass is 397 g/mol. The Bertz CT molecular complexity index is 669. The van der Waals surface area contributed by atoms with Gasteiger partial charge in [0, 0.05) is 14.5 Å². The number of carboxylic acids is 1. The molecule has 2 aromatic carbocycles. The van der Waals surface area contributed by atoms with Gasteiger partial charge in [0.15, 0.2) is 0 Å². The highest BCUT2D eigenvalue weighted by molar-refractivity contribution is 9.10. The van der Waals surface area contributed by atoms with Crippen molar-refractivity contribution >= 4 is 49.4 Å². The van der Waals surface area contributed by atoms with Gasteiger partial charge in [-0.3, -0.25) is 4.79 Å². The molecule has 0 unspecified atom stereocenters. The highest BCUT2D eigenvalue weighted by Gasteiger charge is 2.13. The third-order valence-electron chi connectivity index (χ3n) is 2.57. The quantitative estimate of drug-likeness (QED) is 0.815. The minimum atomic E-state index is -1.09. The maximum absolute atomic E-state index is 12.1. The minimum absolute atomic E-state index is 0.0404. The first-order valence-electron chi connectivity index (χ1n) is 5.57. The normalized spacial score (nSPS) is 10.1. The van der Waals surface area contributed by atoms with Crippen LogP contribution in [0.4, 0.5) is 5.69 Å². The summed E-state index contributed by atoms with van der Waals surface area (Å²) in [7, 11) is 0. The van der Waals surface area contributed by atoms with Gasteiger partial charge < -0.3 is 10.4 Å². The molecule has 0 aliphatic rings. The number of rotatable bonds is 3. The van der Waals surface area contributed by atoms with Crippen molar-refractivity contribution in [3.63, 3.8) is 0 Å². The summed E-state index contributed by atoms with van der Waals surface area (Å²) < 4.78 is 1.55. The summed E-state index contributed by atoms with van der Waals surface area (Å²) in [6.45, 7) is 0. The summed E-state index contributed by atoms with van der Waals surface area (Å²) in [6, 6.07) is 11.4. The first-order valence-corrected chi connectivity index (χ1v) is 7.16. The molecule has 20 heavy (non-hydrogen) atoms. The molecule has 0 fully saturated rings. The van der Waals surface area contributed by atoms with Crippen molar-refractivity contribution in [2.75, 3.05) is 5.32 Å². The molecule has 4 nitrogen and oxygen atoms in total. The zero-order valence-electron chi connectivity index (χ0n) is 10.1. The van der Waals surface area contributed by atoms with Gasteiger partial charge in [-0.2, -0.15) is 0 Å². The van der Waals surface area contributed by atoms with Crippen molar-refractivity contribution in [1.29, 1.82) is 0 Å². The Balaban J connectivity index is 2.29. The van der Waals surface area contributed by atoms with Gasteiger partial charge in [0.1, 0.15) is 0 Å². The van der Waals surface area contributed by atoms with Crippen LogP contribution in [0.2, 0.25) is 0 Å². The van der Waals surface area contributed by atoms with E-state index in [2.05, 4.69) is 37.2 Å². The van der Waals surface area contributed by atoms with Crippen LogP contribution in [0.3, 0.4) is 0 Å². The molecule has 2 N–H and O–H groups in total. The smallest absolute Gasteiger partial charge is 0.337 e. The van der Waals surface area contributed by atoms with Gasteiger partial charge in [0.25, 0.3) is 5.91 Å². The summed E-state index contributed by atoms with van der Waals surface area (Å²) in [5.41, 5.74) is 0.739. The van der Waals surface area contributed by atoms with Crippen LogP contribution >= 0.6 is 31.9 Å². The number of carbonyl (C=O) groups is 2. The van der Waals surface area contributed by atoms with Crippen molar-refractivity contribution in [3.05, 3.63) is 62.5 Å². The number of carbonyl (C=O) groups excluding carboxylic acids is 1. The lowest BCUT2D eigenvalue weighted by atomic mass is 10.1. The molecule has 0 bridgehead atoms. The Morgan fingerprint density at radius 3 is 2.15 bits per heavy atom. The molecular formula is C14H9Br2NO3. The summed E-state index contributed by atoms with van der Waals surface area (Å²) in [4.78, 5) is 23.2. The number of hydrogen-bond donors (Lipinski definition) is 2. The zero-order chi connectivity index (χ0) is 14.7. The third-order valence-corrected chi connectivity index (χ3v) is 3.59. The Labute approximate surface area is 132 Å². The topological polar surface area (TPSA) is 66.4 Å². The van der Waals surface area contributed by atoms with Crippen LogP contribution in [0.5, 0.6) is 0 Å². The van der Waals surface area contributed by atoms with Crippen LogP contribution in [0.1, 0.15) is 20.7 Å². The average molecular weight is 399 g/mol. The van der Waals surface area contributed by atoms with E-state index in [1.165, 1.54) is 6.07 Å². The molecule has 6 heteroatoms. The minimum Gasteiger partial charge on any atom is -0.478 e. The zero-order valence-corrected chi connectivity index (χ0v) is 13.2. The maximum atomic E-state index is 12.1. The average Bonchev–Trinajstić information content (AvgIpc) is 2.39. The van der Waals surface area contributed by atoms with E-state index in [0.29, 0.717) is 10.0 Å². The Hall–Kier alpha value is -1.66. The molecule has 0 saturated carbocycles. The third kappa shape index (κ3) is 3.46. The van der Waals surface area contributed by atoms with Crippen LogP contribution in [0.15, 0.2) is 51.4 Å². The molecule has 0 aliphatic carbocycles. The van der Waals surface area contributed by atoms with Crippen LogP contribution in [0, 0.1) is 0 Å². The van der Waals surface area contributed by atoms with Crippen molar-refractivity contribution in [2.24, 2.45) is 0 Å². The first-order chi connectivity index (χ1) is 9.47. The van der Waals surface area contributed by atoms with E-state index >= 15 is 0 Å². The molecule has 0 saturated heterocycles. The number of carboxylic acid groups (broad SMARTS) is 1. The number of benzene rings is 2. The Morgan fingerprint density at radius 2 is 1.55 bits per heavy atom.